The number of carbonyl (C=O) groups is 15. The van der Waals surface area contributed by atoms with Gasteiger partial charge in [-0.15, -0.1) is 0 Å². The van der Waals surface area contributed by atoms with Crippen LogP contribution < -0.4 is 0 Å². The zero-order valence-electron chi connectivity index (χ0n) is 66.6. The highest BCUT2D eigenvalue weighted by molar-refractivity contribution is 5.84. The lowest BCUT2D eigenvalue weighted by molar-refractivity contribution is -0.161. The second-order valence-electron chi connectivity index (χ2n) is 25.6. The van der Waals surface area contributed by atoms with Crippen molar-refractivity contribution in [2.75, 3.05) is 99.1 Å². The smallest absolute Gasteiger partial charge is 0.308 e. The summed E-state index contributed by atoms with van der Waals surface area (Å²) in [4.78, 5) is 211. The molecular weight excluding hydrogens is 1400 g/mol. The van der Waals surface area contributed by atoms with Crippen LogP contribution in [0.5, 0.6) is 0 Å². The summed E-state index contributed by atoms with van der Waals surface area (Å²) < 4.78 is 82.4. The minimum Gasteiger partial charge on any atom is -0.466 e. The van der Waals surface area contributed by atoms with Crippen LogP contribution in [0.3, 0.4) is 0 Å². The minimum absolute atomic E-state index is 0.0426. The Labute approximate surface area is 632 Å². The van der Waals surface area contributed by atoms with Crippen LogP contribution >= 0.6 is 0 Å². The molecular formula is C77H126O30. The fraction of sp³-hybridized carbons (Fsp3) is 0.805. The van der Waals surface area contributed by atoms with E-state index < -0.39 is 230 Å². The van der Waals surface area contributed by atoms with E-state index >= 15 is 0 Å². The summed E-state index contributed by atoms with van der Waals surface area (Å²) in [5.74, 6) is -31.5. The van der Waals surface area contributed by atoms with Crippen LogP contribution in [-0.2, 0) is 143 Å². The number of esters is 15. The van der Waals surface area contributed by atoms with Crippen molar-refractivity contribution in [2.24, 2.45) is 88.8 Å². The highest BCUT2D eigenvalue weighted by atomic mass is 16.6. The molecule has 0 rings (SSSR count). The summed E-state index contributed by atoms with van der Waals surface area (Å²) in [5, 5.41) is 0. The lowest BCUT2D eigenvalue weighted by Crippen LogP contribution is -2.36. The molecule has 0 saturated carbocycles. The maximum absolute atomic E-state index is 14.6. The van der Waals surface area contributed by atoms with Gasteiger partial charge in [0.1, 0.15) is 0 Å². The number of carbonyl (C=O) groups excluding carboxylic acids is 15. The summed E-state index contributed by atoms with van der Waals surface area (Å²) in [6.07, 6.45) is -5.20. The Morgan fingerprint density at radius 2 is 0.243 bits per heavy atom. The maximum Gasteiger partial charge on any atom is 0.308 e. The van der Waals surface area contributed by atoms with Gasteiger partial charge in [-0.05, 0) is 200 Å². The number of hydrogen-bond donors (Lipinski definition) is 0. The summed E-state index contributed by atoms with van der Waals surface area (Å²) >= 11 is 0. The standard InChI is InChI=1S/C77H126O30/c1-18-49(64(79)94-20-3)35-51(66(81)96-22-5)37-53(68(83)98-24-7)39-55(70(85)100-26-9)41-57(72(87)102-28-11)43-59(74(89)104-30-13)45-61(76(91)106-32-15)47-62(77(92)107-33-16)46-60(75(90)105-31-14)44-58(73(88)103-29-12)42-56(71(86)101-27-10)40-54(69(84)99-25-8)38-52(67(82)97-23-6)36-50(65(80)95-21-4)34-48(17)63(78)93-19-2/h48-62H,18-47H2,1-17H3. The van der Waals surface area contributed by atoms with Crippen molar-refractivity contribution in [3.8, 4) is 0 Å². The molecule has 0 aliphatic heterocycles. The molecule has 15 atom stereocenters. The van der Waals surface area contributed by atoms with Gasteiger partial charge in [-0.1, -0.05) is 13.8 Å². The van der Waals surface area contributed by atoms with Crippen molar-refractivity contribution in [1.82, 2.24) is 0 Å². The first-order chi connectivity index (χ1) is 51.0. The predicted octanol–water partition coefficient (Wildman–Crippen LogP) is 9.57. The monoisotopic (exact) mass is 1530 g/mol. The van der Waals surface area contributed by atoms with Gasteiger partial charge in [0.05, 0.1) is 188 Å². The van der Waals surface area contributed by atoms with E-state index in [-0.39, 0.29) is 144 Å². The Balaban J connectivity index is 8.40. The molecule has 15 unspecified atom stereocenters. The van der Waals surface area contributed by atoms with E-state index in [1.807, 2.05) is 0 Å². The molecule has 0 radical (unpaired) electrons. The van der Waals surface area contributed by atoms with Gasteiger partial charge in [-0.2, -0.15) is 0 Å². The van der Waals surface area contributed by atoms with Gasteiger partial charge in [-0.3, -0.25) is 71.9 Å². The third kappa shape index (κ3) is 37.6. The Kier molecular flexibility index (Phi) is 53.0. The van der Waals surface area contributed by atoms with Gasteiger partial charge in [-0.25, -0.2) is 0 Å². The highest BCUT2D eigenvalue weighted by Crippen LogP contribution is 2.39. The molecule has 30 heteroatoms. The van der Waals surface area contributed by atoms with Gasteiger partial charge in [0, 0.05) is 0 Å². The van der Waals surface area contributed by atoms with E-state index in [4.69, 9.17) is 71.1 Å². The van der Waals surface area contributed by atoms with E-state index in [1.165, 1.54) is 62.3 Å². The van der Waals surface area contributed by atoms with Crippen LogP contribution in [0.15, 0.2) is 0 Å². The predicted molar refractivity (Wildman–Crippen MR) is 382 cm³/mol. The van der Waals surface area contributed by atoms with Crippen molar-refractivity contribution in [3.63, 3.8) is 0 Å². The normalized spacial score (nSPS) is 15.3. The Morgan fingerprint density at radius 3 is 0.355 bits per heavy atom. The molecule has 0 bridgehead atoms. The van der Waals surface area contributed by atoms with Gasteiger partial charge < -0.3 is 71.1 Å². The van der Waals surface area contributed by atoms with Gasteiger partial charge >= 0.3 is 89.5 Å². The third-order valence-electron chi connectivity index (χ3n) is 17.9. The van der Waals surface area contributed by atoms with E-state index in [9.17, 15) is 71.9 Å². The Hall–Kier alpha value is -7.95. The number of hydrogen-bond acceptors (Lipinski definition) is 30. The molecule has 0 heterocycles. The van der Waals surface area contributed by atoms with Crippen molar-refractivity contribution >= 4 is 89.5 Å². The van der Waals surface area contributed by atoms with E-state index in [0.29, 0.717) is 0 Å². The minimum atomic E-state index is -1.46. The SMILES string of the molecule is CCOC(=O)C(C)CC(CC(CC(CC(CC(CC(CC(CC(CC(CC(CC(CC(CC(CC(CC)C(=O)OCC)C(=O)OCC)C(=O)OCC)C(=O)OCC)C(=O)OCC)C(=O)OCC)C(=O)OCC)C(=O)OCC)C(=O)OCC)C(=O)OCC)C(=O)OCC)C(=O)OCC)C(=O)OCC)C(=O)OCC. The van der Waals surface area contributed by atoms with Crippen LogP contribution in [0.1, 0.15) is 214 Å². The van der Waals surface area contributed by atoms with Crippen LogP contribution in [0.2, 0.25) is 0 Å². The molecule has 0 aromatic rings. The molecule has 0 spiro atoms. The van der Waals surface area contributed by atoms with Gasteiger partial charge in [0.15, 0.2) is 0 Å². The average Bonchev–Trinajstić information content (AvgIpc) is 0.845. The quantitative estimate of drug-likeness (QED) is 0.0404. The Bertz CT molecular complexity index is 2730. The van der Waals surface area contributed by atoms with E-state index in [2.05, 4.69) is 0 Å². The fourth-order valence-corrected chi connectivity index (χ4v) is 13.1. The summed E-state index contributed by atoms with van der Waals surface area (Å²) in [7, 11) is 0. The third-order valence-corrected chi connectivity index (χ3v) is 17.9. The van der Waals surface area contributed by atoms with E-state index in [0.717, 1.165) is 0 Å². The summed E-state index contributed by atoms with van der Waals surface area (Å²) in [5.41, 5.74) is 0. The molecule has 30 nitrogen and oxygen atoms in total. The van der Waals surface area contributed by atoms with Crippen LogP contribution in [-0.4, -0.2) is 189 Å². The molecule has 614 valence electrons. The van der Waals surface area contributed by atoms with Crippen LogP contribution in [0.25, 0.3) is 0 Å². The molecule has 0 fully saturated rings. The number of rotatable bonds is 59. The van der Waals surface area contributed by atoms with Crippen molar-refractivity contribution in [1.29, 1.82) is 0 Å². The first-order valence-electron chi connectivity index (χ1n) is 38.5. The van der Waals surface area contributed by atoms with Crippen molar-refractivity contribution in [2.45, 2.75) is 214 Å². The summed E-state index contributed by atoms with van der Waals surface area (Å²) in [6, 6.07) is 0. The molecule has 107 heavy (non-hydrogen) atoms. The van der Waals surface area contributed by atoms with Crippen molar-refractivity contribution in [3.05, 3.63) is 0 Å². The fourth-order valence-electron chi connectivity index (χ4n) is 13.1. The average molecular weight is 1530 g/mol. The maximum atomic E-state index is 14.6. The zero-order valence-corrected chi connectivity index (χ0v) is 66.6. The molecule has 0 saturated heterocycles. The number of ether oxygens (including phenoxy) is 15. The largest absolute Gasteiger partial charge is 0.466 e. The zero-order chi connectivity index (χ0) is 81.1. The van der Waals surface area contributed by atoms with Gasteiger partial charge in [0.2, 0.25) is 0 Å². The van der Waals surface area contributed by atoms with Gasteiger partial charge in [0.25, 0.3) is 0 Å². The molecule has 0 aromatic heterocycles. The van der Waals surface area contributed by atoms with E-state index in [1.54, 1.807) is 55.4 Å². The lowest BCUT2D eigenvalue weighted by atomic mass is 9.76. The first-order valence-corrected chi connectivity index (χ1v) is 38.5. The molecule has 0 aliphatic rings. The highest BCUT2D eigenvalue weighted by Gasteiger charge is 2.45. The first kappa shape index (κ1) is 99.0. The summed E-state index contributed by atoms with van der Waals surface area (Å²) in [6.45, 7) is 24.6. The molecule has 0 amide bonds. The van der Waals surface area contributed by atoms with Crippen LogP contribution in [0.4, 0.5) is 0 Å². The molecule has 0 aliphatic carbocycles. The second-order valence-corrected chi connectivity index (χ2v) is 25.6. The van der Waals surface area contributed by atoms with Crippen molar-refractivity contribution < 1.29 is 143 Å². The lowest BCUT2D eigenvalue weighted by Gasteiger charge is -2.30. The second kappa shape index (κ2) is 57.2. The molecule has 0 N–H and O–H groups in total. The topological polar surface area (TPSA) is 394 Å². The van der Waals surface area contributed by atoms with Crippen LogP contribution in [0, 0.1) is 88.8 Å². The molecule has 0 aromatic carbocycles. The Morgan fingerprint density at radius 1 is 0.150 bits per heavy atom.